The van der Waals surface area contributed by atoms with Gasteiger partial charge in [-0.2, -0.15) is 0 Å². The summed E-state index contributed by atoms with van der Waals surface area (Å²) in [7, 11) is 0. The van der Waals surface area contributed by atoms with E-state index in [2.05, 4.69) is 4.98 Å². The predicted octanol–water partition coefficient (Wildman–Crippen LogP) is 1.89. The van der Waals surface area contributed by atoms with Crippen LogP contribution in [0.4, 0.5) is 0 Å². The number of fused-ring (bicyclic) bond motifs is 1. The summed E-state index contributed by atoms with van der Waals surface area (Å²) in [5.74, 6) is -0.622. The summed E-state index contributed by atoms with van der Waals surface area (Å²) in [6, 6.07) is 5.01. The largest absolute Gasteiger partial charge is 0.508 e. The first-order valence-electron chi connectivity index (χ1n) is 4.67. The van der Waals surface area contributed by atoms with E-state index in [1.54, 1.807) is 24.4 Å². The van der Waals surface area contributed by atoms with Crippen LogP contribution < -0.4 is 0 Å². The van der Waals surface area contributed by atoms with Gasteiger partial charge in [-0.05, 0) is 30.2 Å². The van der Waals surface area contributed by atoms with Gasteiger partial charge in [0.2, 0.25) is 0 Å². The van der Waals surface area contributed by atoms with E-state index < -0.39 is 5.97 Å². The van der Waals surface area contributed by atoms with Gasteiger partial charge in [-0.15, -0.1) is 0 Å². The van der Waals surface area contributed by atoms with Crippen molar-refractivity contribution in [3.63, 3.8) is 0 Å². The first-order chi connectivity index (χ1) is 7.16. The molecule has 0 unspecified atom stereocenters. The number of aromatic amines is 1. The molecule has 4 heteroatoms. The SMILES string of the molecule is O=C(O)CCc1c[nH]c2ccc(O)cc12. The zero-order chi connectivity index (χ0) is 10.8. The highest BCUT2D eigenvalue weighted by Gasteiger charge is 2.06. The van der Waals surface area contributed by atoms with Crippen LogP contribution in [0.3, 0.4) is 0 Å². The quantitative estimate of drug-likeness (QED) is 0.716. The lowest BCUT2D eigenvalue weighted by Crippen LogP contribution is -1.96. The maximum Gasteiger partial charge on any atom is 0.303 e. The van der Waals surface area contributed by atoms with Crippen LogP contribution in [-0.4, -0.2) is 21.2 Å². The molecule has 0 saturated heterocycles. The molecule has 1 heterocycles. The van der Waals surface area contributed by atoms with E-state index in [9.17, 15) is 9.90 Å². The van der Waals surface area contributed by atoms with Crippen molar-refractivity contribution in [3.8, 4) is 5.75 Å². The Kier molecular flexibility index (Phi) is 2.33. The van der Waals surface area contributed by atoms with Crippen LogP contribution in [0.25, 0.3) is 10.9 Å². The number of phenolic OH excluding ortho intramolecular Hbond substituents is 1. The van der Waals surface area contributed by atoms with Gasteiger partial charge in [-0.1, -0.05) is 0 Å². The maximum atomic E-state index is 10.4. The van der Waals surface area contributed by atoms with Crippen molar-refractivity contribution >= 4 is 16.9 Å². The smallest absolute Gasteiger partial charge is 0.303 e. The van der Waals surface area contributed by atoms with E-state index in [0.717, 1.165) is 16.5 Å². The van der Waals surface area contributed by atoms with Crippen LogP contribution in [0.15, 0.2) is 24.4 Å². The number of aryl methyl sites for hydroxylation is 1. The molecule has 1 aromatic carbocycles. The minimum atomic E-state index is -0.815. The molecule has 15 heavy (non-hydrogen) atoms. The number of phenols is 1. The van der Waals surface area contributed by atoms with Crippen LogP contribution >= 0.6 is 0 Å². The van der Waals surface area contributed by atoms with Crippen molar-refractivity contribution in [1.29, 1.82) is 0 Å². The molecule has 0 bridgehead atoms. The lowest BCUT2D eigenvalue weighted by atomic mass is 10.1. The molecule has 4 nitrogen and oxygen atoms in total. The highest BCUT2D eigenvalue weighted by Crippen LogP contribution is 2.23. The third kappa shape index (κ3) is 1.93. The molecule has 78 valence electrons. The van der Waals surface area contributed by atoms with E-state index in [-0.39, 0.29) is 12.2 Å². The van der Waals surface area contributed by atoms with E-state index in [1.807, 2.05) is 0 Å². The lowest BCUT2D eigenvalue weighted by Gasteiger charge is -1.97. The molecule has 0 aliphatic carbocycles. The van der Waals surface area contributed by atoms with E-state index in [4.69, 9.17) is 5.11 Å². The van der Waals surface area contributed by atoms with Crippen LogP contribution in [0.5, 0.6) is 5.75 Å². The molecule has 2 aromatic rings. The van der Waals surface area contributed by atoms with Crippen molar-refractivity contribution in [1.82, 2.24) is 4.98 Å². The Labute approximate surface area is 86.2 Å². The van der Waals surface area contributed by atoms with Gasteiger partial charge < -0.3 is 15.2 Å². The summed E-state index contributed by atoms with van der Waals surface area (Å²) >= 11 is 0. The minimum Gasteiger partial charge on any atom is -0.508 e. The highest BCUT2D eigenvalue weighted by atomic mass is 16.4. The topological polar surface area (TPSA) is 73.3 Å². The number of rotatable bonds is 3. The first kappa shape index (κ1) is 9.58. The molecule has 0 aliphatic heterocycles. The van der Waals surface area contributed by atoms with Gasteiger partial charge in [0.25, 0.3) is 0 Å². The second-order valence-electron chi connectivity index (χ2n) is 3.44. The van der Waals surface area contributed by atoms with Crippen molar-refractivity contribution in [3.05, 3.63) is 30.0 Å². The van der Waals surface area contributed by atoms with Gasteiger partial charge in [0.05, 0.1) is 0 Å². The number of aliphatic carboxylic acids is 1. The minimum absolute atomic E-state index is 0.0998. The number of benzene rings is 1. The van der Waals surface area contributed by atoms with Crippen molar-refractivity contribution in [2.45, 2.75) is 12.8 Å². The zero-order valence-corrected chi connectivity index (χ0v) is 8.03. The summed E-state index contributed by atoms with van der Waals surface area (Å²) in [6.07, 6.45) is 2.36. The molecular weight excluding hydrogens is 194 g/mol. The molecule has 1 aromatic heterocycles. The van der Waals surface area contributed by atoms with Crippen molar-refractivity contribution in [2.75, 3.05) is 0 Å². The van der Waals surface area contributed by atoms with Gasteiger partial charge in [-0.25, -0.2) is 0 Å². The maximum absolute atomic E-state index is 10.4. The average Bonchev–Trinajstić information content (AvgIpc) is 2.57. The van der Waals surface area contributed by atoms with E-state index in [1.165, 1.54) is 0 Å². The number of carbonyl (C=O) groups is 1. The van der Waals surface area contributed by atoms with E-state index >= 15 is 0 Å². The Balaban J connectivity index is 2.35. The number of carboxylic acid groups (broad SMARTS) is 1. The molecule has 0 radical (unpaired) electrons. The fraction of sp³-hybridized carbons (Fsp3) is 0.182. The Morgan fingerprint density at radius 3 is 2.93 bits per heavy atom. The van der Waals surface area contributed by atoms with E-state index in [0.29, 0.717) is 6.42 Å². The van der Waals surface area contributed by atoms with Crippen LogP contribution in [0.1, 0.15) is 12.0 Å². The average molecular weight is 205 g/mol. The van der Waals surface area contributed by atoms with Gasteiger partial charge in [0.1, 0.15) is 5.75 Å². The number of H-pyrrole nitrogens is 1. The molecular formula is C11H11NO3. The highest BCUT2D eigenvalue weighted by molar-refractivity contribution is 5.85. The van der Waals surface area contributed by atoms with Gasteiger partial charge in [0.15, 0.2) is 0 Å². The second kappa shape index (κ2) is 3.65. The number of nitrogens with one attached hydrogen (secondary N) is 1. The standard InChI is InChI=1S/C11H11NO3/c13-8-2-3-10-9(5-8)7(6-12-10)1-4-11(14)15/h2-3,5-6,12-13H,1,4H2,(H,14,15). The molecule has 0 spiro atoms. The van der Waals surface area contributed by atoms with Crippen LogP contribution in [0, 0.1) is 0 Å². The van der Waals surface area contributed by atoms with Crippen molar-refractivity contribution in [2.24, 2.45) is 0 Å². The number of aromatic hydroxyl groups is 1. The number of aromatic nitrogens is 1. The summed E-state index contributed by atoms with van der Waals surface area (Å²) in [5, 5.41) is 18.8. The second-order valence-corrected chi connectivity index (χ2v) is 3.44. The molecule has 0 fully saturated rings. The molecule has 3 N–H and O–H groups in total. The molecule has 2 rings (SSSR count). The van der Waals surface area contributed by atoms with Gasteiger partial charge >= 0.3 is 5.97 Å². The normalized spacial score (nSPS) is 10.7. The fourth-order valence-corrected chi connectivity index (χ4v) is 1.61. The third-order valence-electron chi connectivity index (χ3n) is 2.36. The van der Waals surface area contributed by atoms with Crippen LogP contribution in [-0.2, 0) is 11.2 Å². The predicted molar refractivity (Wildman–Crippen MR) is 55.9 cm³/mol. The number of carboxylic acids is 1. The summed E-state index contributed by atoms with van der Waals surface area (Å²) < 4.78 is 0. The molecule has 0 saturated carbocycles. The number of hydrogen-bond acceptors (Lipinski definition) is 2. The Hall–Kier alpha value is -1.97. The number of hydrogen-bond donors (Lipinski definition) is 3. The van der Waals surface area contributed by atoms with Crippen LogP contribution in [0.2, 0.25) is 0 Å². The Morgan fingerprint density at radius 2 is 2.20 bits per heavy atom. The Morgan fingerprint density at radius 1 is 1.40 bits per heavy atom. The fourth-order valence-electron chi connectivity index (χ4n) is 1.61. The summed E-state index contributed by atoms with van der Waals surface area (Å²) in [6.45, 7) is 0. The van der Waals surface area contributed by atoms with Gasteiger partial charge in [0, 0.05) is 23.5 Å². The van der Waals surface area contributed by atoms with Crippen molar-refractivity contribution < 1.29 is 15.0 Å². The molecule has 0 aliphatic rings. The molecule has 0 amide bonds. The zero-order valence-electron chi connectivity index (χ0n) is 8.03. The summed E-state index contributed by atoms with van der Waals surface area (Å²) in [4.78, 5) is 13.5. The Bertz CT molecular complexity index is 502. The lowest BCUT2D eigenvalue weighted by molar-refractivity contribution is -0.136. The monoisotopic (exact) mass is 205 g/mol. The van der Waals surface area contributed by atoms with Gasteiger partial charge in [-0.3, -0.25) is 4.79 Å². The molecule has 0 atom stereocenters. The first-order valence-corrected chi connectivity index (χ1v) is 4.67. The third-order valence-corrected chi connectivity index (χ3v) is 2.36. The summed E-state index contributed by atoms with van der Waals surface area (Å²) in [5.41, 5.74) is 1.83.